The van der Waals surface area contributed by atoms with Crippen molar-refractivity contribution in [2.24, 2.45) is 10.9 Å². The van der Waals surface area contributed by atoms with E-state index in [4.69, 9.17) is 18.0 Å². The lowest BCUT2D eigenvalue weighted by Crippen LogP contribution is -2.42. The maximum absolute atomic E-state index is 13.3. The molecule has 1 unspecified atom stereocenters. The number of fused-ring (bicyclic) bond motifs is 1. The van der Waals surface area contributed by atoms with Crippen molar-refractivity contribution in [2.45, 2.75) is 32.5 Å². The van der Waals surface area contributed by atoms with Crippen molar-refractivity contribution in [1.82, 2.24) is 0 Å². The summed E-state index contributed by atoms with van der Waals surface area (Å²) < 4.78 is 40.0. The number of hydrogen-bond donors (Lipinski definition) is 1. The normalized spacial score (nSPS) is 19.2. The summed E-state index contributed by atoms with van der Waals surface area (Å²) in [5, 5.41) is 2.23. The van der Waals surface area contributed by atoms with Crippen molar-refractivity contribution in [3.63, 3.8) is 0 Å². The van der Waals surface area contributed by atoms with E-state index in [-0.39, 0.29) is 16.4 Å². The summed E-state index contributed by atoms with van der Waals surface area (Å²) in [5.41, 5.74) is -3.02. The van der Waals surface area contributed by atoms with Gasteiger partial charge in [-0.25, -0.2) is 0 Å². The van der Waals surface area contributed by atoms with Gasteiger partial charge in [-0.3, -0.25) is 14.6 Å². The minimum Gasteiger partial charge on any atom is -0.342 e. The standard InChI is InChI=1S/C17H14ClF3N2O2/c1-5-16(3,4)23-15-12(8(2)24)14(25)10-6-9(18)7-11(13(10)22-15)17(19,20)21/h1,6-7,12H,2-4H3,(H,22,23). The number of carbonyl (C=O) groups is 2. The number of hydrogen-bond acceptors (Lipinski definition) is 3. The molecule has 0 bridgehead atoms. The quantitative estimate of drug-likeness (QED) is 0.632. The van der Waals surface area contributed by atoms with E-state index in [1.165, 1.54) is 13.8 Å². The lowest BCUT2D eigenvalue weighted by Gasteiger charge is -2.29. The molecule has 1 N–H and O–H groups in total. The highest BCUT2D eigenvalue weighted by molar-refractivity contribution is 6.35. The molecule has 0 radical (unpaired) electrons. The minimum absolute atomic E-state index is 0.208. The Morgan fingerprint density at radius 3 is 2.44 bits per heavy atom. The maximum atomic E-state index is 13.3. The number of amidine groups is 1. The van der Waals surface area contributed by atoms with Gasteiger partial charge in [0.2, 0.25) is 0 Å². The molecule has 1 aliphatic heterocycles. The Labute approximate surface area is 147 Å². The first-order valence-corrected chi connectivity index (χ1v) is 7.55. The van der Waals surface area contributed by atoms with Crippen molar-refractivity contribution in [2.75, 3.05) is 5.32 Å². The lowest BCUT2D eigenvalue weighted by molar-refractivity contribution is -0.136. The molecule has 132 valence electrons. The number of Topliss-reactive ketones (excluding diaryl/α,β-unsaturated/α-hetero) is 2. The summed E-state index contributed by atoms with van der Waals surface area (Å²) in [6.45, 7) is 4.22. The van der Waals surface area contributed by atoms with Crippen LogP contribution in [0.3, 0.4) is 0 Å². The van der Waals surface area contributed by atoms with Gasteiger partial charge in [0.15, 0.2) is 5.78 Å². The number of ketones is 2. The van der Waals surface area contributed by atoms with Gasteiger partial charge in [-0.05, 0) is 32.9 Å². The Hall–Kier alpha value is -2.33. The van der Waals surface area contributed by atoms with Gasteiger partial charge in [0, 0.05) is 10.6 Å². The Bertz CT molecular complexity index is 836. The largest absolute Gasteiger partial charge is 0.418 e. The number of anilines is 1. The van der Waals surface area contributed by atoms with Crippen molar-refractivity contribution in [1.29, 1.82) is 0 Å². The molecule has 1 aliphatic rings. The van der Waals surface area contributed by atoms with Crippen LogP contribution in [-0.2, 0) is 11.0 Å². The molecule has 0 spiro atoms. The minimum atomic E-state index is -4.75. The first kappa shape index (κ1) is 19.0. The van der Waals surface area contributed by atoms with Crippen LogP contribution < -0.4 is 5.32 Å². The number of nitrogens with one attached hydrogen (secondary N) is 1. The molecule has 2 rings (SSSR count). The number of rotatable bonds is 2. The summed E-state index contributed by atoms with van der Waals surface area (Å²) in [5.74, 6) is -0.593. The van der Waals surface area contributed by atoms with Gasteiger partial charge >= 0.3 is 6.18 Å². The Balaban J connectivity index is 2.76. The van der Waals surface area contributed by atoms with Crippen LogP contribution in [0.1, 0.15) is 36.7 Å². The van der Waals surface area contributed by atoms with Crippen molar-refractivity contribution in [3.05, 3.63) is 28.3 Å². The van der Waals surface area contributed by atoms with E-state index in [9.17, 15) is 22.8 Å². The van der Waals surface area contributed by atoms with Crippen LogP contribution in [0, 0.1) is 18.3 Å². The molecule has 0 fully saturated rings. The zero-order chi connectivity index (χ0) is 19.2. The summed E-state index contributed by atoms with van der Waals surface area (Å²) in [4.78, 5) is 28.7. The molecule has 4 nitrogen and oxygen atoms in total. The van der Waals surface area contributed by atoms with Crippen molar-refractivity contribution in [3.8, 4) is 12.3 Å². The second-order valence-electron chi connectivity index (χ2n) is 6.11. The SMILES string of the molecule is C#CC(C)(C)N=C1Nc2c(cc(Cl)cc2C(F)(F)F)C(=O)C1C(C)=O. The number of nitrogens with zero attached hydrogens (tertiary/aromatic N) is 1. The van der Waals surface area contributed by atoms with Crippen LogP contribution in [0.5, 0.6) is 0 Å². The molecule has 1 atom stereocenters. The van der Waals surface area contributed by atoms with E-state index >= 15 is 0 Å². The smallest absolute Gasteiger partial charge is 0.342 e. The topological polar surface area (TPSA) is 58.5 Å². The van der Waals surface area contributed by atoms with E-state index in [0.717, 1.165) is 13.0 Å². The van der Waals surface area contributed by atoms with Gasteiger partial charge in [-0.2, -0.15) is 13.2 Å². The zero-order valence-corrected chi connectivity index (χ0v) is 14.3. The number of terminal acetylenes is 1. The van der Waals surface area contributed by atoms with Crippen LogP contribution in [-0.4, -0.2) is 22.9 Å². The average molecular weight is 371 g/mol. The highest BCUT2D eigenvalue weighted by Crippen LogP contribution is 2.41. The fourth-order valence-corrected chi connectivity index (χ4v) is 2.66. The van der Waals surface area contributed by atoms with Crippen LogP contribution in [0.15, 0.2) is 17.1 Å². The second kappa shape index (κ2) is 6.19. The molecule has 0 saturated heterocycles. The van der Waals surface area contributed by atoms with Crippen LogP contribution in [0.25, 0.3) is 0 Å². The molecule has 0 aliphatic carbocycles. The predicted octanol–water partition coefficient (Wildman–Crippen LogP) is 3.98. The van der Waals surface area contributed by atoms with E-state index < -0.39 is 40.5 Å². The molecule has 0 saturated carbocycles. The fourth-order valence-electron chi connectivity index (χ4n) is 2.44. The monoisotopic (exact) mass is 370 g/mol. The first-order valence-electron chi connectivity index (χ1n) is 7.17. The molecule has 1 aromatic carbocycles. The highest BCUT2D eigenvalue weighted by atomic mass is 35.5. The summed E-state index contributed by atoms with van der Waals surface area (Å²) in [6, 6.07) is 1.80. The zero-order valence-electron chi connectivity index (χ0n) is 13.6. The number of alkyl halides is 3. The summed E-state index contributed by atoms with van der Waals surface area (Å²) in [7, 11) is 0. The van der Waals surface area contributed by atoms with Crippen LogP contribution in [0.4, 0.5) is 18.9 Å². The van der Waals surface area contributed by atoms with Gasteiger partial charge in [0.25, 0.3) is 0 Å². The summed E-state index contributed by atoms with van der Waals surface area (Å²) in [6.07, 6.45) is 0.589. The first-order chi connectivity index (χ1) is 11.4. The van der Waals surface area contributed by atoms with Crippen LogP contribution in [0.2, 0.25) is 5.02 Å². The van der Waals surface area contributed by atoms with Gasteiger partial charge < -0.3 is 5.32 Å². The fraction of sp³-hybridized carbons (Fsp3) is 0.353. The van der Waals surface area contributed by atoms with E-state index in [1.54, 1.807) is 0 Å². The van der Waals surface area contributed by atoms with Crippen LogP contribution >= 0.6 is 11.6 Å². The third-order valence-corrected chi connectivity index (χ3v) is 3.84. The van der Waals surface area contributed by atoms with Gasteiger partial charge in [0.1, 0.15) is 23.1 Å². The molecule has 0 aromatic heterocycles. The lowest BCUT2D eigenvalue weighted by atomic mass is 9.86. The van der Waals surface area contributed by atoms with Gasteiger partial charge in [0.05, 0.1) is 11.3 Å². The highest BCUT2D eigenvalue weighted by Gasteiger charge is 2.43. The molecule has 8 heteroatoms. The molecule has 1 heterocycles. The van der Waals surface area contributed by atoms with E-state index in [2.05, 4.69) is 16.2 Å². The number of halogens is 4. The van der Waals surface area contributed by atoms with E-state index in [1.807, 2.05) is 0 Å². The number of benzene rings is 1. The predicted molar refractivity (Wildman–Crippen MR) is 88.9 cm³/mol. The maximum Gasteiger partial charge on any atom is 0.418 e. The molecular weight excluding hydrogens is 357 g/mol. The Kier molecular flexibility index (Phi) is 4.71. The van der Waals surface area contributed by atoms with E-state index in [0.29, 0.717) is 6.07 Å². The van der Waals surface area contributed by atoms with Gasteiger partial charge in [-0.1, -0.05) is 17.5 Å². The third-order valence-electron chi connectivity index (χ3n) is 3.62. The average Bonchev–Trinajstić information content (AvgIpc) is 2.46. The molecular formula is C17H14ClF3N2O2. The van der Waals surface area contributed by atoms with Gasteiger partial charge in [-0.15, -0.1) is 6.42 Å². The molecule has 0 amide bonds. The molecule has 1 aromatic rings. The number of carbonyl (C=O) groups excluding carboxylic acids is 2. The Morgan fingerprint density at radius 1 is 1.36 bits per heavy atom. The Morgan fingerprint density at radius 2 is 1.96 bits per heavy atom. The molecule has 25 heavy (non-hydrogen) atoms. The van der Waals surface area contributed by atoms with Crippen molar-refractivity contribution < 1.29 is 22.8 Å². The summed E-state index contributed by atoms with van der Waals surface area (Å²) >= 11 is 5.72. The second-order valence-corrected chi connectivity index (χ2v) is 6.54. The number of aliphatic imine (C=N–C) groups is 1. The third kappa shape index (κ3) is 3.69. The van der Waals surface area contributed by atoms with Crippen molar-refractivity contribution >= 4 is 34.7 Å².